The molecule has 6 nitrogen and oxygen atoms in total. The number of hydrogen-bond donors (Lipinski definition) is 1. The number of para-hydroxylation sites is 1. The second kappa shape index (κ2) is 8.16. The number of methoxy groups -OCH3 is 2. The van der Waals surface area contributed by atoms with Crippen LogP contribution in [0, 0.1) is 6.92 Å². The zero-order valence-electron chi connectivity index (χ0n) is 14.9. The van der Waals surface area contributed by atoms with Crippen LogP contribution in [0.4, 0.5) is 5.69 Å². The Morgan fingerprint density at radius 3 is 2.62 bits per heavy atom. The van der Waals surface area contributed by atoms with Gasteiger partial charge in [0.15, 0.2) is 11.5 Å². The van der Waals surface area contributed by atoms with Gasteiger partial charge in [0.25, 0.3) is 0 Å². The fourth-order valence-corrected chi connectivity index (χ4v) is 3.42. The molecule has 26 heavy (non-hydrogen) atoms. The van der Waals surface area contributed by atoms with E-state index in [0.29, 0.717) is 23.8 Å². The van der Waals surface area contributed by atoms with E-state index in [1.165, 1.54) is 0 Å². The molecule has 0 atom stereocenters. The van der Waals surface area contributed by atoms with Gasteiger partial charge < -0.3 is 19.5 Å². The predicted octanol–water partition coefficient (Wildman–Crippen LogP) is 3.78. The van der Waals surface area contributed by atoms with Gasteiger partial charge >= 0.3 is 0 Å². The number of anilines is 1. The Morgan fingerprint density at radius 1 is 1.15 bits per heavy atom. The van der Waals surface area contributed by atoms with Crippen LogP contribution in [0.2, 0.25) is 0 Å². The van der Waals surface area contributed by atoms with Crippen molar-refractivity contribution in [1.82, 2.24) is 4.98 Å². The molecular weight excluding hydrogens is 352 g/mol. The normalized spacial score (nSPS) is 10.7. The molecule has 3 aromatic rings. The topological polar surface area (TPSA) is 69.7 Å². The third-order valence-electron chi connectivity index (χ3n) is 3.80. The molecular formula is C19H20N2O4S. The summed E-state index contributed by atoms with van der Waals surface area (Å²) in [5, 5.41) is 3.68. The number of hydrogen-bond acceptors (Lipinski definition) is 6. The number of nitrogens with one attached hydrogen (secondary N) is 1. The largest absolute Gasteiger partial charge is 0.493 e. The molecule has 0 aliphatic rings. The van der Waals surface area contributed by atoms with E-state index in [4.69, 9.17) is 14.2 Å². The summed E-state index contributed by atoms with van der Waals surface area (Å²) in [7, 11) is 3.13. The minimum Gasteiger partial charge on any atom is -0.493 e. The second-order valence-corrected chi connectivity index (χ2v) is 6.75. The third kappa shape index (κ3) is 4.12. The first-order chi connectivity index (χ1) is 12.6. The molecule has 0 radical (unpaired) electrons. The average Bonchev–Trinajstić information content (AvgIpc) is 3.05. The lowest BCUT2D eigenvalue weighted by atomic mass is 10.1. The van der Waals surface area contributed by atoms with Crippen molar-refractivity contribution < 1.29 is 19.0 Å². The number of rotatable bonds is 7. The van der Waals surface area contributed by atoms with Crippen LogP contribution in [0.15, 0.2) is 36.4 Å². The van der Waals surface area contributed by atoms with Crippen molar-refractivity contribution in [3.63, 3.8) is 0 Å². The van der Waals surface area contributed by atoms with Crippen LogP contribution in [-0.2, 0) is 16.1 Å². The Balaban J connectivity index is 1.57. The molecule has 0 spiro atoms. The molecule has 0 saturated carbocycles. The summed E-state index contributed by atoms with van der Waals surface area (Å²) < 4.78 is 17.1. The molecule has 0 saturated heterocycles. The SMILES string of the molecule is COc1cc(C)c(NC(=O)COCc2nc3ccccc3s2)cc1OC. The molecule has 136 valence electrons. The molecule has 3 rings (SSSR count). The number of thiazole rings is 1. The van der Waals surface area contributed by atoms with Gasteiger partial charge in [0.2, 0.25) is 5.91 Å². The Hall–Kier alpha value is -2.64. The van der Waals surface area contributed by atoms with Crippen molar-refractivity contribution in [2.45, 2.75) is 13.5 Å². The van der Waals surface area contributed by atoms with E-state index < -0.39 is 0 Å². The van der Waals surface area contributed by atoms with Crippen molar-refractivity contribution in [2.75, 3.05) is 26.1 Å². The number of fused-ring (bicyclic) bond motifs is 1. The third-order valence-corrected chi connectivity index (χ3v) is 4.81. The summed E-state index contributed by atoms with van der Waals surface area (Å²) in [6, 6.07) is 11.5. The Morgan fingerprint density at radius 2 is 1.88 bits per heavy atom. The molecule has 0 fully saturated rings. The first-order valence-corrected chi connectivity index (χ1v) is 8.87. The molecule has 0 unspecified atom stereocenters. The number of carbonyl (C=O) groups is 1. The minimum absolute atomic E-state index is 0.0519. The molecule has 1 heterocycles. The molecule has 0 aliphatic carbocycles. The Labute approximate surface area is 155 Å². The van der Waals surface area contributed by atoms with Crippen molar-refractivity contribution >= 4 is 33.1 Å². The highest BCUT2D eigenvalue weighted by Crippen LogP contribution is 2.32. The number of carbonyl (C=O) groups excluding carboxylic acids is 1. The van der Waals surface area contributed by atoms with Gasteiger partial charge in [0.1, 0.15) is 11.6 Å². The highest BCUT2D eigenvalue weighted by Gasteiger charge is 2.11. The lowest BCUT2D eigenvalue weighted by Crippen LogP contribution is -2.18. The molecule has 2 aromatic carbocycles. The number of ether oxygens (including phenoxy) is 3. The lowest BCUT2D eigenvalue weighted by molar-refractivity contribution is -0.121. The van der Waals surface area contributed by atoms with E-state index in [0.717, 1.165) is 20.8 Å². The van der Waals surface area contributed by atoms with E-state index in [2.05, 4.69) is 10.3 Å². The monoisotopic (exact) mass is 372 g/mol. The summed E-state index contributed by atoms with van der Waals surface area (Å²) in [6.45, 7) is 2.14. The maximum absolute atomic E-state index is 12.2. The minimum atomic E-state index is -0.235. The molecule has 0 bridgehead atoms. The van der Waals surface area contributed by atoms with Crippen LogP contribution in [0.3, 0.4) is 0 Å². The second-order valence-electron chi connectivity index (χ2n) is 5.64. The molecule has 1 N–H and O–H groups in total. The van der Waals surface area contributed by atoms with Crippen molar-refractivity contribution in [3.05, 3.63) is 47.0 Å². The van der Waals surface area contributed by atoms with Crippen LogP contribution < -0.4 is 14.8 Å². The maximum Gasteiger partial charge on any atom is 0.250 e. The van der Waals surface area contributed by atoms with Gasteiger partial charge in [-0.25, -0.2) is 4.98 Å². The summed E-state index contributed by atoms with van der Waals surface area (Å²) in [4.78, 5) is 16.6. The zero-order valence-corrected chi connectivity index (χ0v) is 15.7. The highest BCUT2D eigenvalue weighted by atomic mass is 32.1. The van der Waals surface area contributed by atoms with E-state index in [1.54, 1.807) is 31.6 Å². The van der Waals surface area contributed by atoms with Crippen LogP contribution >= 0.6 is 11.3 Å². The van der Waals surface area contributed by atoms with Crippen molar-refractivity contribution in [1.29, 1.82) is 0 Å². The van der Waals surface area contributed by atoms with Crippen LogP contribution in [-0.4, -0.2) is 31.7 Å². The quantitative estimate of drug-likeness (QED) is 0.683. The molecule has 7 heteroatoms. The maximum atomic E-state index is 12.2. The first-order valence-electron chi connectivity index (χ1n) is 8.05. The van der Waals surface area contributed by atoms with Gasteiger partial charge in [-0.3, -0.25) is 4.79 Å². The van der Waals surface area contributed by atoms with Gasteiger partial charge in [-0.15, -0.1) is 11.3 Å². The van der Waals surface area contributed by atoms with Crippen molar-refractivity contribution in [3.8, 4) is 11.5 Å². The van der Waals surface area contributed by atoms with E-state index in [-0.39, 0.29) is 12.5 Å². The highest BCUT2D eigenvalue weighted by molar-refractivity contribution is 7.18. The summed E-state index contributed by atoms with van der Waals surface area (Å²) >= 11 is 1.57. The van der Waals surface area contributed by atoms with Crippen LogP contribution in [0.5, 0.6) is 11.5 Å². The number of aryl methyl sites for hydroxylation is 1. The zero-order chi connectivity index (χ0) is 18.5. The van der Waals surface area contributed by atoms with Gasteiger partial charge in [0.05, 0.1) is 31.0 Å². The summed E-state index contributed by atoms with van der Waals surface area (Å²) in [5.74, 6) is 0.945. The van der Waals surface area contributed by atoms with Gasteiger partial charge in [-0.2, -0.15) is 0 Å². The van der Waals surface area contributed by atoms with Gasteiger partial charge in [-0.1, -0.05) is 12.1 Å². The number of aromatic nitrogens is 1. The summed E-state index contributed by atoms with van der Waals surface area (Å²) in [5.41, 5.74) is 2.49. The average molecular weight is 372 g/mol. The first kappa shape index (κ1) is 18.2. The van der Waals surface area contributed by atoms with Gasteiger partial charge in [-0.05, 0) is 30.7 Å². The van der Waals surface area contributed by atoms with E-state index >= 15 is 0 Å². The van der Waals surface area contributed by atoms with Crippen molar-refractivity contribution in [2.24, 2.45) is 0 Å². The lowest BCUT2D eigenvalue weighted by Gasteiger charge is -2.13. The number of amides is 1. The fraction of sp³-hybridized carbons (Fsp3) is 0.263. The molecule has 0 aliphatic heterocycles. The Kier molecular flexibility index (Phi) is 5.70. The van der Waals surface area contributed by atoms with Gasteiger partial charge in [0, 0.05) is 11.8 Å². The number of benzene rings is 2. The predicted molar refractivity (Wildman–Crippen MR) is 102 cm³/mol. The molecule has 1 amide bonds. The van der Waals surface area contributed by atoms with Crippen LogP contribution in [0.1, 0.15) is 10.6 Å². The number of nitrogens with zero attached hydrogens (tertiary/aromatic N) is 1. The van der Waals surface area contributed by atoms with E-state index in [1.807, 2.05) is 37.3 Å². The van der Waals surface area contributed by atoms with Crippen LogP contribution in [0.25, 0.3) is 10.2 Å². The molecule has 1 aromatic heterocycles. The summed E-state index contributed by atoms with van der Waals surface area (Å²) in [6.07, 6.45) is 0. The smallest absolute Gasteiger partial charge is 0.250 e. The Bertz CT molecular complexity index is 890. The fourth-order valence-electron chi connectivity index (χ4n) is 2.51. The van der Waals surface area contributed by atoms with E-state index in [9.17, 15) is 4.79 Å². The standard InChI is InChI=1S/C19H20N2O4S/c1-12-8-15(23-2)16(24-3)9-14(12)20-18(22)10-25-11-19-21-13-6-4-5-7-17(13)26-19/h4-9H,10-11H2,1-3H3,(H,20,22).